The van der Waals surface area contributed by atoms with Crippen molar-refractivity contribution in [3.05, 3.63) is 77.9 Å². The Morgan fingerprint density at radius 1 is 0.857 bits per heavy atom. The van der Waals surface area contributed by atoms with Crippen LogP contribution in [0.15, 0.2) is 66.7 Å². The molecule has 1 aliphatic heterocycles. The Kier molecular flexibility index (Phi) is 10.4. The van der Waals surface area contributed by atoms with Gasteiger partial charge in [0.1, 0.15) is 18.6 Å². The number of hydrogen-bond donors (Lipinski definition) is 2. The number of carbonyl (C=O) groups excluding carboxylic acids is 3. The van der Waals surface area contributed by atoms with E-state index in [1.165, 1.54) is 10.5 Å². The second-order valence-electron chi connectivity index (χ2n) is 10.3. The molecule has 2 atom stereocenters. The van der Waals surface area contributed by atoms with Crippen LogP contribution in [0.5, 0.6) is 17.2 Å². The highest BCUT2D eigenvalue weighted by molar-refractivity contribution is 5.98. The Morgan fingerprint density at radius 3 is 2.14 bits per heavy atom. The summed E-state index contributed by atoms with van der Waals surface area (Å²) in [7, 11) is 4.70. The summed E-state index contributed by atoms with van der Waals surface area (Å²) in [6, 6.07) is 20.2. The average Bonchev–Trinajstić information content (AvgIpc) is 3.01. The Hall–Kier alpha value is -4.53. The van der Waals surface area contributed by atoms with E-state index in [9.17, 15) is 14.4 Å². The summed E-state index contributed by atoms with van der Waals surface area (Å²) in [5.41, 5.74) is 3.95. The molecule has 0 saturated carbocycles. The zero-order valence-corrected chi connectivity index (χ0v) is 24.6. The second kappa shape index (κ2) is 14.4. The lowest BCUT2D eigenvalue weighted by molar-refractivity contribution is -0.150. The number of carbonyl (C=O) groups is 3. The molecule has 3 aromatic rings. The minimum atomic E-state index is -0.751. The first-order valence-corrected chi connectivity index (χ1v) is 14.2. The van der Waals surface area contributed by atoms with Gasteiger partial charge in [-0.2, -0.15) is 0 Å². The van der Waals surface area contributed by atoms with Crippen LogP contribution in [0.25, 0.3) is 11.1 Å². The van der Waals surface area contributed by atoms with Crippen molar-refractivity contribution >= 4 is 17.7 Å². The van der Waals surface area contributed by atoms with E-state index in [2.05, 4.69) is 22.8 Å². The molecule has 9 heteroatoms. The third-order valence-corrected chi connectivity index (χ3v) is 7.51. The summed E-state index contributed by atoms with van der Waals surface area (Å²) in [6.45, 7) is 2.02. The molecule has 1 fully saturated rings. The van der Waals surface area contributed by atoms with Crippen molar-refractivity contribution in [3.63, 3.8) is 0 Å². The van der Waals surface area contributed by atoms with Gasteiger partial charge < -0.3 is 29.7 Å². The summed E-state index contributed by atoms with van der Waals surface area (Å²) in [5, 5.41) is 5.72. The molecule has 222 valence electrons. The maximum Gasteiger partial charge on any atom is 0.246 e. The topological polar surface area (TPSA) is 106 Å². The minimum Gasteiger partial charge on any atom is -0.493 e. The van der Waals surface area contributed by atoms with Gasteiger partial charge in [-0.1, -0.05) is 54.6 Å². The Balaban J connectivity index is 1.34. The molecule has 3 amide bonds. The van der Waals surface area contributed by atoms with Gasteiger partial charge in [0.25, 0.3) is 0 Å². The number of methoxy groups -OCH3 is 3. The highest BCUT2D eigenvalue weighted by Crippen LogP contribution is 2.41. The van der Waals surface area contributed by atoms with Crippen LogP contribution >= 0.6 is 0 Å². The van der Waals surface area contributed by atoms with Crippen LogP contribution in [-0.2, 0) is 27.2 Å². The number of amides is 3. The normalized spacial score (nSPS) is 16.5. The molecule has 2 N–H and O–H groups in total. The number of piperazine rings is 1. The lowest BCUT2D eigenvalue weighted by Gasteiger charge is -2.37. The van der Waals surface area contributed by atoms with Crippen molar-refractivity contribution in [1.29, 1.82) is 0 Å². The fourth-order valence-electron chi connectivity index (χ4n) is 5.09. The Morgan fingerprint density at radius 2 is 1.52 bits per heavy atom. The first kappa shape index (κ1) is 30.4. The maximum atomic E-state index is 13.3. The van der Waals surface area contributed by atoms with E-state index in [1.54, 1.807) is 28.3 Å². The molecule has 1 saturated heterocycles. The quantitative estimate of drug-likeness (QED) is 0.302. The molecule has 0 bridgehead atoms. The monoisotopic (exact) mass is 573 g/mol. The highest BCUT2D eigenvalue weighted by Gasteiger charge is 2.38. The minimum absolute atomic E-state index is 0.150. The third kappa shape index (κ3) is 7.40. The zero-order chi connectivity index (χ0) is 30.1. The van der Waals surface area contributed by atoms with Crippen LogP contribution in [0.2, 0.25) is 0 Å². The number of ether oxygens (including phenoxy) is 3. The second-order valence-corrected chi connectivity index (χ2v) is 10.3. The lowest BCUT2D eigenvalue weighted by Crippen LogP contribution is -2.64. The molecule has 4 rings (SSSR count). The third-order valence-electron chi connectivity index (χ3n) is 7.51. The van der Waals surface area contributed by atoms with Gasteiger partial charge in [0.05, 0.1) is 21.3 Å². The van der Waals surface area contributed by atoms with Gasteiger partial charge in [-0.15, -0.1) is 0 Å². The Labute approximate surface area is 247 Å². The predicted molar refractivity (Wildman–Crippen MR) is 161 cm³/mol. The number of aryl methyl sites for hydroxylation is 1. The van der Waals surface area contributed by atoms with Crippen molar-refractivity contribution in [1.82, 2.24) is 15.5 Å². The van der Waals surface area contributed by atoms with E-state index in [0.29, 0.717) is 30.2 Å². The van der Waals surface area contributed by atoms with Crippen molar-refractivity contribution in [2.45, 2.75) is 44.7 Å². The summed E-state index contributed by atoms with van der Waals surface area (Å²) in [4.78, 5) is 40.1. The fourth-order valence-corrected chi connectivity index (χ4v) is 5.09. The standard InChI is InChI=1S/C33H39N3O6/c1-22-32(38)35-27(33(39)36(22)21-30(37)34-17-9-8-12-23-10-6-5-7-11-23)18-24-13-15-25(16-14-24)26-19-28(40-2)31(42-4)29(20-26)41-3/h5-7,10-11,13-16,19-20,22,27H,8-9,12,17-18,21H2,1-4H3,(H,34,37)(H,35,38)/t22-,27+/m0/s1. The van der Waals surface area contributed by atoms with Crippen LogP contribution in [-0.4, -0.2) is 69.1 Å². The predicted octanol–water partition coefficient (Wildman–Crippen LogP) is 3.78. The average molecular weight is 574 g/mol. The van der Waals surface area contributed by atoms with Crippen molar-refractivity contribution in [2.24, 2.45) is 0 Å². The molecule has 0 aromatic heterocycles. The summed E-state index contributed by atoms with van der Waals surface area (Å²) >= 11 is 0. The van der Waals surface area contributed by atoms with E-state index in [1.807, 2.05) is 54.6 Å². The molecule has 1 heterocycles. The van der Waals surface area contributed by atoms with Gasteiger partial charge >= 0.3 is 0 Å². The van der Waals surface area contributed by atoms with Gasteiger partial charge in [0, 0.05) is 13.0 Å². The lowest BCUT2D eigenvalue weighted by atomic mass is 9.97. The van der Waals surface area contributed by atoms with Crippen LogP contribution < -0.4 is 24.8 Å². The number of rotatable bonds is 13. The van der Waals surface area contributed by atoms with E-state index in [0.717, 1.165) is 36.0 Å². The zero-order valence-electron chi connectivity index (χ0n) is 24.6. The van der Waals surface area contributed by atoms with Gasteiger partial charge in [-0.3, -0.25) is 14.4 Å². The first-order chi connectivity index (χ1) is 20.3. The van der Waals surface area contributed by atoms with E-state index >= 15 is 0 Å². The fraction of sp³-hybridized carbons (Fsp3) is 0.364. The number of benzene rings is 3. The van der Waals surface area contributed by atoms with Crippen LogP contribution in [0.3, 0.4) is 0 Å². The molecule has 3 aromatic carbocycles. The number of unbranched alkanes of at least 4 members (excludes halogenated alkanes) is 1. The number of nitrogens with one attached hydrogen (secondary N) is 2. The molecule has 0 unspecified atom stereocenters. The maximum absolute atomic E-state index is 13.3. The van der Waals surface area contributed by atoms with E-state index in [-0.39, 0.29) is 24.3 Å². The highest BCUT2D eigenvalue weighted by atomic mass is 16.5. The molecule has 9 nitrogen and oxygen atoms in total. The molecule has 0 radical (unpaired) electrons. The van der Waals surface area contributed by atoms with Gasteiger partial charge in [-0.25, -0.2) is 0 Å². The summed E-state index contributed by atoms with van der Waals surface area (Å²) in [5.74, 6) is 0.814. The molecular formula is C33H39N3O6. The molecule has 42 heavy (non-hydrogen) atoms. The molecule has 1 aliphatic rings. The van der Waals surface area contributed by atoms with Crippen LogP contribution in [0.4, 0.5) is 0 Å². The number of hydrogen-bond acceptors (Lipinski definition) is 6. The number of nitrogens with zero attached hydrogens (tertiary/aromatic N) is 1. The molecular weight excluding hydrogens is 534 g/mol. The van der Waals surface area contributed by atoms with Crippen LogP contribution in [0.1, 0.15) is 30.9 Å². The largest absolute Gasteiger partial charge is 0.493 e. The Bertz CT molecular complexity index is 1350. The summed E-state index contributed by atoms with van der Waals surface area (Å²) in [6.07, 6.45) is 3.04. The van der Waals surface area contributed by atoms with Gasteiger partial charge in [-0.05, 0) is 60.6 Å². The van der Waals surface area contributed by atoms with Crippen molar-refractivity contribution in [2.75, 3.05) is 34.4 Å². The molecule has 0 spiro atoms. The summed E-state index contributed by atoms with van der Waals surface area (Å²) < 4.78 is 16.3. The molecule has 0 aliphatic carbocycles. The SMILES string of the molecule is COc1cc(-c2ccc(C[C@H]3NC(=O)[C@H](C)N(CC(=O)NCCCCc4ccccc4)C3=O)cc2)cc(OC)c1OC. The van der Waals surface area contributed by atoms with Gasteiger partial charge in [0.2, 0.25) is 23.5 Å². The first-order valence-electron chi connectivity index (χ1n) is 14.2. The van der Waals surface area contributed by atoms with E-state index < -0.39 is 12.1 Å². The van der Waals surface area contributed by atoms with Crippen molar-refractivity contribution < 1.29 is 28.6 Å². The van der Waals surface area contributed by atoms with E-state index in [4.69, 9.17) is 14.2 Å². The smallest absolute Gasteiger partial charge is 0.246 e. The van der Waals surface area contributed by atoms with Crippen LogP contribution in [0, 0.1) is 0 Å². The van der Waals surface area contributed by atoms with Crippen molar-refractivity contribution in [3.8, 4) is 28.4 Å². The van der Waals surface area contributed by atoms with Gasteiger partial charge in [0.15, 0.2) is 11.5 Å².